The van der Waals surface area contributed by atoms with Crippen molar-refractivity contribution in [3.05, 3.63) is 12.2 Å². The Hall–Kier alpha value is -0.693. The molecule has 0 radical (unpaired) electrons. The summed E-state index contributed by atoms with van der Waals surface area (Å²) < 4.78 is 21.2. The number of unbranched alkanes of at least 4 members (excludes halogenated alkanes) is 1. The first-order valence-corrected chi connectivity index (χ1v) is 8.36. The molecule has 5 nitrogen and oxygen atoms in total. The molecule has 0 bridgehead atoms. The highest BCUT2D eigenvalue weighted by molar-refractivity contribution is 6.60. The molecule has 0 fully saturated rings. The molecule has 1 unspecified atom stereocenters. The molecule has 0 aromatic rings. The van der Waals surface area contributed by atoms with Crippen molar-refractivity contribution in [3.63, 3.8) is 0 Å². The zero-order valence-corrected chi connectivity index (χ0v) is 13.7. The van der Waals surface area contributed by atoms with E-state index in [1.165, 1.54) is 0 Å². The molecule has 0 aromatic carbocycles. The zero-order chi connectivity index (χ0) is 14.9. The summed E-state index contributed by atoms with van der Waals surface area (Å²) in [4.78, 5) is 11.3. The van der Waals surface area contributed by atoms with Crippen molar-refractivity contribution in [3.8, 4) is 0 Å². The Morgan fingerprint density at radius 1 is 1.16 bits per heavy atom. The van der Waals surface area contributed by atoms with Crippen LogP contribution in [0.25, 0.3) is 0 Å². The summed E-state index contributed by atoms with van der Waals surface area (Å²) in [5, 5.41) is 0. The van der Waals surface area contributed by atoms with Crippen LogP contribution >= 0.6 is 0 Å². The molecule has 0 amide bonds. The van der Waals surface area contributed by atoms with Crippen molar-refractivity contribution in [2.24, 2.45) is 0 Å². The van der Waals surface area contributed by atoms with Crippen molar-refractivity contribution in [1.29, 1.82) is 0 Å². The quantitative estimate of drug-likeness (QED) is 0.268. The van der Waals surface area contributed by atoms with E-state index in [2.05, 4.69) is 6.58 Å². The van der Waals surface area contributed by atoms with Crippen molar-refractivity contribution < 1.29 is 22.8 Å². The van der Waals surface area contributed by atoms with Crippen LogP contribution in [0.5, 0.6) is 0 Å². The van der Waals surface area contributed by atoms with Gasteiger partial charge in [-0.2, -0.15) is 0 Å². The molecule has 0 saturated carbocycles. The third-order valence-electron chi connectivity index (χ3n) is 2.93. The lowest BCUT2D eigenvalue weighted by Gasteiger charge is -2.24. The van der Waals surface area contributed by atoms with Gasteiger partial charge in [0, 0.05) is 32.9 Å². The summed E-state index contributed by atoms with van der Waals surface area (Å²) in [6.45, 7) is 7.08. The van der Waals surface area contributed by atoms with Gasteiger partial charge in [-0.05, 0) is 33.1 Å². The fraction of sp³-hybridized carbons (Fsp3) is 0.769. The Morgan fingerprint density at radius 2 is 1.68 bits per heavy atom. The number of hydrogen-bond acceptors (Lipinski definition) is 5. The van der Waals surface area contributed by atoms with Gasteiger partial charge in [-0.3, -0.25) is 0 Å². The number of carbonyl (C=O) groups excluding carboxylic acids is 1. The number of rotatable bonds is 10. The minimum absolute atomic E-state index is 0.104. The van der Waals surface area contributed by atoms with Crippen molar-refractivity contribution in [2.45, 2.75) is 45.3 Å². The average Bonchev–Trinajstić information content (AvgIpc) is 2.39. The van der Waals surface area contributed by atoms with Crippen LogP contribution in [0.15, 0.2) is 12.2 Å². The summed E-state index contributed by atoms with van der Waals surface area (Å²) in [6.07, 6.45) is 2.54. The van der Waals surface area contributed by atoms with Crippen molar-refractivity contribution in [2.75, 3.05) is 21.3 Å². The molecule has 0 aliphatic rings. The Bertz CT molecular complexity index is 280. The van der Waals surface area contributed by atoms with Crippen LogP contribution in [0.3, 0.4) is 0 Å². The first-order chi connectivity index (χ1) is 8.90. The predicted octanol–water partition coefficient (Wildman–Crippen LogP) is 2.54. The highest BCUT2D eigenvalue weighted by Crippen LogP contribution is 2.18. The van der Waals surface area contributed by atoms with Gasteiger partial charge < -0.3 is 18.0 Å². The SMILES string of the molecule is C=C(C)C(=O)OC(C)CCCC[Si](OC)(OC)OC. The zero-order valence-electron chi connectivity index (χ0n) is 12.7. The number of esters is 1. The predicted molar refractivity (Wildman–Crippen MR) is 75.8 cm³/mol. The van der Waals surface area contributed by atoms with E-state index >= 15 is 0 Å². The third kappa shape index (κ3) is 6.86. The molecule has 0 rings (SSSR count). The van der Waals surface area contributed by atoms with Crippen LogP contribution in [0, 0.1) is 0 Å². The molecule has 112 valence electrons. The summed E-state index contributed by atoms with van der Waals surface area (Å²) in [5.41, 5.74) is 0.427. The van der Waals surface area contributed by atoms with Gasteiger partial charge in [0.15, 0.2) is 0 Å². The van der Waals surface area contributed by atoms with Gasteiger partial charge in [-0.1, -0.05) is 6.58 Å². The van der Waals surface area contributed by atoms with Gasteiger partial charge in [-0.15, -0.1) is 0 Å². The summed E-state index contributed by atoms with van der Waals surface area (Å²) in [5.74, 6) is -0.332. The lowest BCUT2D eigenvalue weighted by molar-refractivity contribution is -0.143. The van der Waals surface area contributed by atoms with E-state index in [9.17, 15) is 4.79 Å². The second kappa shape index (κ2) is 9.25. The molecule has 6 heteroatoms. The first kappa shape index (κ1) is 18.3. The van der Waals surface area contributed by atoms with Crippen LogP contribution in [-0.2, 0) is 22.8 Å². The third-order valence-corrected chi connectivity index (χ3v) is 5.77. The van der Waals surface area contributed by atoms with Crippen LogP contribution in [0.4, 0.5) is 0 Å². The molecule has 0 aromatic heterocycles. The molecule has 0 spiro atoms. The van der Waals surface area contributed by atoms with Crippen LogP contribution in [0.2, 0.25) is 6.04 Å². The highest BCUT2D eigenvalue weighted by atomic mass is 28.4. The Balaban J connectivity index is 3.91. The Labute approximate surface area is 117 Å². The first-order valence-electron chi connectivity index (χ1n) is 6.42. The maximum Gasteiger partial charge on any atom is 0.500 e. The molecular weight excluding hydrogens is 264 g/mol. The van der Waals surface area contributed by atoms with Crippen LogP contribution < -0.4 is 0 Å². The molecule has 0 aliphatic heterocycles. The number of hydrogen-bond donors (Lipinski definition) is 0. The van der Waals surface area contributed by atoms with E-state index in [0.717, 1.165) is 25.3 Å². The molecular formula is C13H26O5Si. The van der Waals surface area contributed by atoms with E-state index in [4.69, 9.17) is 18.0 Å². The minimum Gasteiger partial charge on any atom is -0.459 e. The molecule has 0 N–H and O–H groups in total. The molecule has 1 atom stereocenters. The van der Waals surface area contributed by atoms with Crippen molar-refractivity contribution >= 4 is 14.8 Å². The second-order valence-electron chi connectivity index (χ2n) is 4.54. The van der Waals surface area contributed by atoms with Gasteiger partial charge in [0.05, 0.1) is 6.10 Å². The number of ether oxygens (including phenoxy) is 1. The van der Waals surface area contributed by atoms with Crippen LogP contribution in [-0.4, -0.2) is 42.2 Å². The lowest BCUT2D eigenvalue weighted by atomic mass is 10.2. The maximum atomic E-state index is 11.3. The summed E-state index contributed by atoms with van der Waals surface area (Å²) in [6, 6.07) is 0.762. The van der Waals surface area contributed by atoms with Gasteiger partial charge in [0.25, 0.3) is 0 Å². The lowest BCUT2D eigenvalue weighted by Crippen LogP contribution is -2.42. The normalized spacial score (nSPS) is 13.1. The average molecular weight is 290 g/mol. The smallest absolute Gasteiger partial charge is 0.459 e. The standard InChI is InChI=1S/C13H26O5Si/c1-11(2)13(14)18-12(3)9-7-8-10-19(15-4,16-5)17-6/h12H,1,7-10H2,2-6H3. The highest BCUT2D eigenvalue weighted by Gasteiger charge is 2.36. The van der Waals surface area contributed by atoms with Crippen molar-refractivity contribution in [1.82, 2.24) is 0 Å². The monoisotopic (exact) mass is 290 g/mol. The Kier molecular flexibility index (Phi) is 8.91. The topological polar surface area (TPSA) is 54.0 Å². The maximum absolute atomic E-state index is 11.3. The van der Waals surface area contributed by atoms with E-state index < -0.39 is 8.80 Å². The summed E-state index contributed by atoms with van der Waals surface area (Å²) in [7, 11) is 2.36. The van der Waals surface area contributed by atoms with Gasteiger partial charge in [-0.25, -0.2) is 4.79 Å². The number of carbonyl (C=O) groups is 1. The Morgan fingerprint density at radius 3 is 2.11 bits per heavy atom. The molecule has 0 saturated heterocycles. The van der Waals surface area contributed by atoms with E-state index in [1.54, 1.807) is 28.3 Å². The summed E-state index contributed by atoms with van der Waals surface area (Å²) >= 11 is 0. The van der Waals surface area contributed by atoms with E-state index in [0.29, 0.717) is 5.57 Å². The van der Waals surface area contributed by atoms with Crippen LogP contribution in [0.1, 0.15) is 33.1 Å². The second-order valence-corrected chi connectivity index (χ2v) is 7.63. The fourth-order valence-corrected chi connectivity index (χ4v) is 3.47. The fourth-order valence-electron chi connectivity index (χ4n) is 1.67. The van der Waals surface area contributed by atoms with Gasteiger partial charge in [0.2, 0.25) is 0 Å². The van der Waals surface area contributed by atoms with E-state index in [-0.39, 0.29) is 12.1 Å². The molecule has 19 heavy (non-hydrogen) atoms. The largest absolute Gasteiger partial charge is 0.500 e. The molecule has 0 heterocycles. The van der Waals surface area contributed by atoms with Gasteiger partial charge >= 0.3 is 14.8 Å². The van der Waals surface area contributed by atoms with E-state index in [1.807, 2.05) is 6.92 Å². The molecule has 0 aliphatic carbocycles. The van der Waals surface area contributed by atoms with Gasteiger partial charge in [0.1, 0.15) is 0 Å². The minimum atomic E-state index is -2.46.